The number of ether oxygens (including phenoxy) is 1. The van der Waals surface area contributed by atoms with Crippen molar-refractivity contribution in [1.82, 2.24) is 4.57 Å². The second-order valence-corrected chi connectivity index (χ2v) is 3.82. The number of nitrogen functional groups attached to an aromatic ring is 1. The number of aryl methyl sites for hydroxylation is 1. The summed E-state index contributed by atoms with van der Waals surface area (Å²) in [6.45, 7) is 6.45. The Morgan fingerprint density at radius 2 is 2.12 bits per heavy atom. The van der Waals surface area contributed by atoms with Crippen LogP contribution in [-0.4, -0.2) is 11.2 Å². The predicted octanol–water partition coefficient (Wildman–Crippen LogP) is 2.78. The summed E-state index contributed by atoms with van der Waals surface area (Å²) in [4.78, 5) is 0. The number of para-hydroxylation sites is 1. The van der Waals surface area contributed by atoms with Gasteiger partial charge in [-0.2, -0.15) is 0 Å². The lowest BCUT2D eigenvalue weighted by atomic mass is 10.1. The second-order valence-electron chi connectivity index (χ2n) is 3.82. The predicted molar refractivity (Wildman–Crippen MR) is 67.4 cm³/mol. The zero-order chi connectivity index (χ0) is 11.5. The number of hydrogen-bond acceptors (Lipinski definition) is 2. The number of hydrogen-bond donors (Lipinski definition) is 1. The van der Waals surface area contributed by atoms with Crippen molar-refractivity contribution in [2.24, 2.45) is 0 Å². The first-order valence-electron chi connectivity index (χ1n) is 5.71. The molecule has 16 heavy (non-hydrogen) atoms. The Bertz CT molecular complexity index is 488. The monoisotopic (exact) mass is 218 g/mol. The maximum absolute atomic E-state index is 6.01. The second kappa shape index (κ2) is 4.58. The first kappa shape index (κ1) is 11.0. The zero-order valence-corrected chi connectivity index (χ0v) is 9.86. The number of benzene rings is 1. The molecule has 1 heterocycles. The first-order chi connectivity index (χ1) is 7.77. The number of nitrogens with zero attached hydrogens (tertiary/aromatic N) is 1. The molecule has 0 radical (unpaired) electrons. The summed E-state index contributed by atoms with van der Waals surface area (Å²) < 4.78 is 7.65. The smallest absolute Gasteiger partial charge is 0.0737 e. The normalized spacial score (nSPS) is 11.1. The van der Waals surface area contributed by atoms with Crippen LogP contribution in [0.15, 0.2) is 24.4 Å². The minimum Gasteiger partial charge on any atom is -0.397 e. The van der Waals surface area contributed by atoms with Gasteiger partial charge in [0, 0.05) is 30.3 Å². The van der Waals surface area contributed by atoms with E-state index in [9.17, 15) is 0 Å². The molecule has 0 bridgehead atoms. The fourth-order valence-corrected chi connectivity index (χ4v) is 2.04. The number of fused-ring (bicyclic) bond motifs is 1. The van der Waals surface area contributed by atoms with Crippen LogP contribution in [0.2, 0.25) is 0 Å². The third-order valence-corrected chi connectivity index (χ3v) is 2.81. The average molecular weight is 218 g/mol. The minimum atomic E-state index is 0.656. The van der Waals surface area contributed by atoms with Gasteiger partial charge in [-0.15, -0.1) is 0 Å². The van der Waals surface area contributed by atoms with E-state index in [1.807, 2.05) is 19.1 Å². The summed E-state index contributed by atoms with van der Waals surface area (Å²) in [6, 6.07) is 6.04. The summed E-state index contributed by atoms with van der Waals surface area (Å²) in [5, 5.41) is 1.20. The van der Waals surface area contributed by atoms with Crippen molar-refractivity contribution in [2.45, 2.75) is 27.0 Å². The van der Waals surface area contributed by atoms with Crippen LogP contribution in [0.1, 0.15) is 19.4 Å². The van der Waals surface area contributed by atoms with E-state index in [4.69, 9.17) is 10.5 Å². The van der Waals surface area contributed by atoms with Crippen LogP contribution in [0.3, 0.4) is 0 Å². The molecule has 1 aromatic heterocycles. The summed E-state index contributed by atoms with van der Waals surface area (Å²) in [7, 11) is 0. The van der Waals surface area contributed by atoms with E-state index in [2.05, 4.69) is 23.8 Å². The Labute approximate surface area is 95.8 Å². The third kappa shape index (κ3) is 1.78. The fourth-order valence-electron chi connectivity index (χ4n) is 2.04. The van der Waals surface area contributed by atoms with E-state index < -0.39 is 0 Å². The van der Waals surface area contributed by atoms with E-state index in [-0.39, 0.29) is 0 Å². The van der Waals surface area contributed by atoms with Crippen LogP contribution in [0, 0.1) is 0 Å². The molecule has 0 saturated carbocycles. The molecular formula is C13H18N2O. The fraction of sp³-hybridized carbons (Fsp3) is 0.385. The van der Waals surface area contributed by atoms with Crippen LogP contribution in [-0.2, 0) is 17.9 Å². The lowest BCUT2D eigenvalue weighted by Gasteiger charge is -2.02. The minimum absolute atomic E-state index is 0.656. The van der Waals surface area contributed by atoms with E-state index >= 15 is 0 Å². The van der Waals surface area contributed by atoms with Gasteiger partial charge in [-0.3, -0.25) is 0 Å². The van der Waals surface area contributed by atoms with Crippen molar-refractivity contribution >= 4 is 16.6 Å². The molecule has 0 unspecified atom stereocenters. The summed E-state index contributed by atoms with van der Waals surface area (Å²) in [6.07, 6.45) is 2.14. The molecule has 2 aromatic rings. The molecule has 0 amide bonds. The van der Waals surface area contributed by atoms with E-state index in [1.54, 1.807) is 0 Å². The van der Waals surface area contributed by atoms with Crippen LogP contribution in [0.25, 0.3) is 10.9 Å². The Balaban J connectivity index is 2.54. The first-order valence-corrected chi connectivity index (χ1v) is 5.71. The zero-order valence-electron chi connectivity index (χ0n) is 9.86. The molecule has 1 aromatic carbocycles. The average Bonchev–Trinajstić information content (AvgIpc) is 2.66. The van der Waals surface area contributed by atoms with Crippen molar-refractivity contribution < 1.29 is 4.74 Å². The molecule has 3 nitrogen and oxygen atoms in total. The van der Waals surface area contributed by atoms with Crippen molar-refractivity contribution in [1.29, 1.82) is 0 Å². The van der Waals surface area contributed by atoms with E-state index in [0.29, 0.717) is 6.61 Å². The van der Waals surface area contributed by atoms with Gasteiger partial charge >= 0.3 is 0 Å². The molecule has 0 saturated heterocycles. The SMILES string of the molecule is CCOCc1cn(CC)c2c(N)cccc12. The van der Waals surface area contributed by atoms with Crippen molar-refractivity contribution in [3.8, 4) is 0 Å². The molecule has 0 atom stereocenters. The number of aromatic nitrogens is 1. The van der Waals surface area contributed by atoms with Gasteiger partial charge in [0.2, 0.25) is 0 Å². The van der Waals surface area contributed by atoms with Crippen LogP contribution < -0.4 is 5.73 Å². The number of nitrogens with two attached hydrogens (primary N) is 1. The Morgan fingerprint density at radius 3 is 2.81 bits per heavy atom. The molecule has 0 aliphatic rings. The molecule has 0 aliphatic carbocycles. The maximum atomic E-state index is 6.01. The largest absolute Gasteiger partial charge is 0.397 e. The third-order valence-electron chi connectivity index (χ3n) is 2.81. The molecule has 0 spiro atoms. The highest BCUT2D eigenvalue weighted by molar-refractivity contribution is 5.93. The number of anilines is 1. The lowest BCUT2D eigenvalue weighted by Crippen LogP contribution is -1.95. The van der Waals surface area contributed by atoms with Gasteiger partial charge in [-0.1, -0.05) is 12.1 Å². The van der Waals surface area contributed by atoms with Gasteiger partial charge in [0.05, 0.1) is 17.8 Å². The van der Waals surface area contributed by atoms with Crippen LogP contribution >= 0.6 is 0 Å². The summed E-state index contributed by atoms with van der Waals surface area (Å²) in [5.74, 6) is 0. The quantitative estimate of drug-likeness (QED) is 0.801. The van der Waals surface area contributed by atoms with Gasteiger partial charge in [0.25, 0.3) is 0 Å². The van der Waals surface area contributed by atoms with Crippen LogP contribution in [0.5, 0.6) is 0 Å². The summed E-state index contributed by atoms with van der Waals surface area (Å²) >= 11 is 0. The van der Waals surface area contributed by atoms with Gasteiger partial charge in [0.15, 0.2) is 0 Å². The number of rotatable bonds is 4. The molecule has 3 heteroatoms. The Morgan fingerprint density at radius 1 is 1.31 bits per heavy atom. The lowest BCUT2D eigenvalue weighted by molar-refractivity contribution is 0.135. The van der Waals surface area contributed by atoms with Gasteiger partial charge in [-0.05, 0) is 19.9 Å². The van der Waals surface area contributed by atoms with Gasteiger partial charge < -0.3 is 15.0 Å². The standard InChI is InChI=1S/C13H18N2O/c1-3-15-8-10(9-16-4-2)11-6-5-7-12(14)13(11)15/h5-8H,3-4,9,14H2,1-2H3. The topological polar surface area (TPSA) is 40.2 Å². The molecule has 0 aliphatic heterocycles. The van der Waals surface area contributed by atoms with E-state index in [0.717, 1.165) is 24.4 Å². The molecular weight excluding hydrogens is 200 g/mol. The van der Waals surface area contributed by atoms with Crippen molar-refractivity contribution in [3.05, 3.63) is 30.0 Å². The van der Waals surface area contributed by atoms with Crippen LogP contribution in [0.4, 0.5) is 5.69 Å². The van der Waals surface area contributed by atoms with Crippen molar-refractivity contribution in [3.63, 3.8) is 0 Å². The highest BCUT2D eigenvalue weighted by Crippen LogP contribution is 2.26. The van der Waals surface area contributed by atoms with Gasteiger partial charge in [-0.25, -0.2) is 0 Å². The van der Waals surface area contributed by atoms with Crippen molar-refractivity contribution in [2.75, 3.05) is 12.3 Å². The molecule has 2 N–H and O–H groups in total. The molecule has 2 rings (SSSR count). The maximum Gasteiger partial charge on any atom is 0.0737 e. The highest BCUT2D eigenvalue weighted by atomic mass is 16.5. The summed E-state index contributed by atoms with van der Waals surface area (Å²) in [5.41, 5.74) is 9.19. The van der Waals surface area contributed by atoms with E-state index in [1.165, 1.54) is 10.9 Å². The van der Waals surface area contributed by atoms with Gasteiger partial charge in [0.1, 0.15) is 0 Å². The Kier molecular flexibility index (Phi) is 3.15. The Hall–Kier alpha value is -1.48. The molecule has 0 fully saturated rings. The highest BCUT2D eigenvalue weighted by Gasteiger charge is 2.09. The molecule has 86 valence electrons.